The molecule has 2 heterocycles. The van der Waals surface area contributed by atoms with Gasteiger partial charge in [0.1, 0.15) is 0 Å². The second-order valence-corrected chi connectivity index (χ2v) is 7.18. The van der Waals surface area contributed by atoms with Crippen molar-refractivity contribution in [2.24, 2.45) is 0 Å². The molecular weight excluding hydrogens is 370 g/mol. The number of aryl methyl sites for hydroxylation is 1. The summed E-state index contributed by atoms with van der Waals surface area (Å²) in [6.07, 6.45) is 1.84. The molecule has 0 aliphatic carbocycles. The van der Waals surface area contributed by atoms with E-state index in [1.54, 1.807) is 0 Å². The second kappa shape index (κ2) is 8.22. The van der Waals surface area contributed by atoms with Gasteiger partial charge in [-0.1, -0.05) is 77.1 Å². The number of rotatable bonds is 7. The van der Waals surface area contributed by atoms with E-state index in [-0.39, 0.29) is 0 Å². The minimum absolute atomic E-state index is 0.517. The van der Waals surface area contributed by atoms with Crippen molar-refractivity contribution in [3.63, 3.8) is 0 Å². The first-order chi connectivity index (χ1) is 13.7. The molecule has 0 radical (unpaired) electrons. The normalized spacial score (nSPS) is 10.9. The minimum Gasteiger partial charge on any atom is -0.338 e. The molecule has 0 N–H and O–H groups in total. The van der Waals surface area contributed by atoms with Gasteiger partial charge in [0.2, 0.25) is 11.7 Å². The molecule has 0 saturated heterocycles. The summed E-state index contributed by atoms with van der Waals surface area (Å²) >= 11 is 1.51. The maximum atomic E-state index is 5.39. The second-order valence-electron chi connectivity index (χ2n) is 6.24. The van der Waals surface area contributed by atoms with E-state index in [9.17, 15) is 0 Å². The van der Waals surface area contributed by atoms with Crippen molar-refractivity contribution in [1.29, 1.82) is 0 Å². The molecule has 140 valence electrons. The van der Waals surface area contributed by atoms with Crippen molar-refractivity contribution < 1.29 is 4.52 Å². The zero-order valence-electron chi connectivity index (χ0n) is 15.4. The Hall–Kier alpha value is -3.19. The van der Waals surface area contributed by atoms with Gasteiger partial charge in [-0.15, -0.1) is 16.8 Å². The number of hydrogen-bond donors (Lipinski definition) is 0. The smallest absolute Gasteiger partial charge is 0.237 e. The van der Waals surface area contributed by atoms with Crippen molar-refractivity contribution in [3.05, 3.63) is 78.7 Å². The van der Waals surface area contributed by atoms with Gasteiger partial charge in [0, 0.05) is 17.7 Å². The monoisotopic (exact) mass is 389 g/mol. The summed E-state index contributed by atoms with van der Waals surface area (Å²) in [5, 5.41) is 13.6. The first-order valence-electron chi connectivity index (χ1n) is 8.86. The minimum atomic E-state index is 0.517. The summed E-state index contributed by atoms with van der Waals surface area (Å²) in [4.78, 5) is 4.47. The molecule has 7 heteroatoms. The fraction of sp³-hybridized carbons (Fsp3) is 0.143. The lowest BCUT2D eigenvalue weighted by atomic mass is 10.1. The first kappa shape index (κ1) is 18.2. The van der Waals surface area contributed by atoms with Crippen molar-refractivity contribution in [3.8, 4) is 22.8 Å². The molecule has 0 spiro atoms. The van der Waals surface area contributed by atoms with Crippen LogP contribution in [0.5, 0.6) is 0 Å². The third-order valence-electron chi connectivity index (χ3n) is 4.13. The van der Waals surface area contributed by atoms with Crippen molar-refractivity contribution in [2.75, 3.05) is 0 Å². The quantitative estimate of drug-likeness (QED) is 0.335. The van der Waals surface area contributed by atoms with Gasteiger partial charge in [0.15, 0.2) is 11.0 Å². The zero-order chi connectivity index (χ0) is 19.3. The summed E-state index contributed by atoms with van der Waals surface area (Å²) in [6, 6.07) is 18.0. The Morgan fingerprint density at radius 2 is 1.89 bits per heavy atom. The highest BCUT2D eigenvalue weighted by atomic mass is 32.2. The molecule has 4 rings (SSSR count). The molecule has 0 saturated carbocycles. The maximum absolute atomic E-state index is 5.39. The summed E-state index contributed by atoms with van der Waals surface area (Å²) in [5.41, 5.74) is 3.14. The SMILES string of the molecule is C=CCn1c(SCc2nc(-c3ccccc3)no2)nnc1-c1cccc(C)c1. The fourth-order valence-corrected chi connectivity index (χ4v) is 3.62. The highest BCUT2D eigenvalue weighted by Gasteiger charge is 2.16. The van der Waals surface area contributed by atoms with E-state index >= 15 is 0 Å². The Morgan fingerprint density at radius 3 is 2.68 bits per heavy atom. The lowest BCUT2D eigenvalue weighted by Gasteiger charge is -2.07. The summed E-state index contributed by atoms with van der Waals surface area (Å²) < 4.78 is 7.43. The van der Waals surface area contributed by atoms with Gasteiger partial charge in [-0.3, -0.25) is 4.57 Å². The van der Waals surface area contributed by atoms with Gasteiger partial charge in [-0.2, -0.15) is 4.98 Å². The predicted octanol–water partition coefficient (Wildman–Crippen LogP) is 4.78. The Bertz CT molecular complexity index is 1090. The van der Waals surface area contributed by atoms with Crippen LogP contribution in [0.3, 0.4) is 0 Å². The number of thioether (sulfide) groups is 1. The van der Waals surface area contributed by atoms with Crippen LogP contribution >= 0.6 is 11.8 Å². The number of hydrogen-bond acceptors (Lipinski definition) is 6. The van der Waals surface area contributed by atoms with Gasteiger partial charge >= 0.3 is 0 Å². The molecule has 0 aliphatic heterocycles. The van der Waals surface area contributed by atoms with E-state index in [1.165, 1.54) is 17.3 Å². The van der Waals surface area contributed by atoms with Gasteiger partial charge in [-0.25, -0.2) is 0 Å². The van der Waals surface area contributed by atoms with Crippen LogP contribution in [-0.2, 0) is 12.3 Å². The van der Waals surface area contributed by atoms with Crippen molar-refractivity contribution in [1.82, 2.24) is 24.9 Å². The average Bonchev–Trinajstić information content (AvgIpc) is 3.35. The molecule has 0 bridgehead atoms. The molecule has 6 nitrogen and oxygen atoms in total. The van der Waals surface area contributed by atoms with E-state index < -0.39 is 0 Å². The largest absolute Gasteiger partial charge is 0.338 e. The van der Waals surface area contributed by atoms with Gasteiger partial charge < -0.3 is 4.52 Å². The van der Waals surface area contributed by atoms with Crippen molar-refractivity contribution >= 4 is 11.8 Å². The highest BCUT2D eigenvalue weighted by molar-refractivity contribution is 7.98. The van der Waals surface area contributed by atoms with Crippen LogP contribution in [0, 0.1) is 6.92 Å². The average molecular weight is 389 g/mol. The van der Waals surface area contributed by atoms with E-state index in [0.29, 0.717) is 24.0 Å². The van der Waals surface area contributed by atoms with Crippen LogP contribution in [0.2, 0.25) is 0 Å². The lowest BCUT2D eigenvalue weighted by molar-refractivity contribution is 0.391. The molecule has 0 aliphatic rings. The third kappa shape index (κ3) is 3.89. The predicted molar refractivity (Wildman–Crippen MR) is 110 cm³/mol. The maximum Gasteiger partial charge on any atom is 0.237 e. The fourth-order valence-electron chi connectivity index (χ4n) is 2.83. The van der Waals surface area contributed by atoms with Crippen LogP contribution in [0.15, 0.2) is 76.9 Å². The standard InChI is InChI=1S/C21H19N5OS/c1-3-12-26-20(17-11-7-8-15(2)13-17)23-24-21(26)28-14-18-22-19(25-27-18)16-9-5-4-6-10-16/h3-11,13H,1,12,14H2,2H3. The number of allylic oxidation sites excluding steroid dienone is 1. The molecule has 0 amide bonds. The summed E-state index contributed by atoms with van der Waals surface area (Å²) in [7, 11) is 0. The Kier molecular flexibility index (Phi) is 5.34. The van der Waals surface area contributed by atoms with E-state index in [1.807, 2.05) is 53.1 Å². The van der Waals surface area contributed by atoms with Crippen LogP contribution < -0.4 is 0 Å². The molecule has 0 atom stereocenters. The van der Waals surface area contributed by atoms with E-state index in [0.717, 1.165) is 22.1 Å². The van der Waals surface area contributed by atoms with Crippen LogP contribution in [0.25, 0.3) is 22.8 Å². The van der Waals surface area contributed by atoms with Gasteiger partial charge in [0.05, 0.1) is 5.75 Å². The molecule has 28 heavy (non-hydrogen) atoms. The Labute approximate surface area is 167 Å². The van der Waals surface area contributed by atoms with E-state index in [2.05, 4.69) is 46.0 Å². The highest BCUT2D eigenvalue weighted by Crippen LogP contribution is 2.27. The molecule has 0 fully saturated rings. The van der Waals surface area contributed by atoms with Crippen LogP contribution in [0.1, 0.15) is 11.5 Å². The third-order valence-corrected chi connectivity index (χ3v) is 5.08. The number of aromatic nitrogens is 5. The van der Waals surface area contributed by atoms with Crippen LogP contribution in [-0.4, -0.2) is 24.9 Å². The summed E-state index contributed by atoms with van der Waals surface area (Å²) in [6.45, 7) is 6.54. The molecule has 0 unspecified atom stereocenters. The first-order valence-corrected chi connectivity index (χ1v) is 9.85. The van der Waals surface area contributed by atoms with Crippen molar-refractivity contribution in [2.45, 2.75) is 24.4 Å². The Balaban J connectivity index is 1.54. The lowest BCUT2D eigenvalue weighted by Crippen LogP contribution is -2.01. The topological polar surface area (TPSA) is 69.6 Å². The van der Waals surface area contributed by atoms with Crippen LogP contribution in [0.4, 0.5) is 0 Å². The van der Waals surface area contributed by atoms with E-state index in [4.69, 9.17) is 4.52 Å². The number of benzene rings is 2. The number of nitrogens with zero attached hydrogens (tertiary/aromatic N) is 5. The summed E-state index contributed by atoms with van der Waals surface area (Å²) in [5.74, 6) is 2.48. The molecular formula is C21H19N5OS. The molecule has 2 aromatic heterocycles. The van der Waals surface area contributed by atoms with Gasteiger partial charge in [0.25, 0.3) is 0 Å². The van der Waals surface area contributed by atoms with Gasteiger partial charge in [-0.05, 0) is 13.0 Å². The zero-order valence-corrected chi connectivity index (χ0v) is 16.3. The molecule has 4 aromatic rings. The molecule has 2 aromatic carbocycles. The Morgan fingerprint density at radius 1 is 1.07 bits per heavy atom.